The van der Waals surface area contributed by atoms with E-state index < -0.39 is 12.0 Å². The molecule has 1 aliphatic rings. The van der Waals surface area contributed by atoms with Crippen LogP contribution in [0.25, 0.3) is 16.8 Å². The van der Waals surface area contributed by atoms with Gasteiger partial charge in [-0.15, -0.1) is 0 Å². The fourth-order valence-corrected chi connectivity index (χ4v) is 6.06. The van der Waals surface area contributed by atoms with Crippen molar-refractivity contribution in [3.05, 3.63) is 96.7 Å². The average Bonchev–Trinajstić information content (AvgIpc) is 3.26. The Morgan fingerprint density at radius 3 is 2.50 bits per heavy atom. The van der Waals surface area contributed by atoms with Crippen LogP contribution in [0.2, 0.25) is 0 Å². The summed E-state index contributed by atoms with van der Waals surface area (Å²) in [5, 5.41) is 1.98. The quantitative estimate of drug-likeness (QED) is 0.299. The minimum absolute atomic E-state index is 0.185. The third-order valence-corrected chi connectivity index (χ3v) is 7.74. The number of benzene rings is 3. The van der Waals surface area contributed by atoms with Crippen LogP contribution in [0.5, 0.6) is 17.2 Å². The van der Waals surface area contributed by atoms with Gasteiger partial charge in [-0.2, -0.15) is 0 Å². The number of carbonyl (C=O) groups excluding carboxylic acids is 1. The Morgan fingerprint density at radius 1 is 1.00 bits per heavy atom. The van der Waals surface area contributed by atoms with Crippen molar-refractivity contribution in [1.29, 1.82) is 0 Å². The highest BCUT2D eigenvalue weighted by atomic mass is 32.1. The molecule has 3 aromatic carbocycles. The molecule has 2 heterocycles. The van der Waals surface area contributed by atoms with Crippen LogP contribution in [0.3, 0.4) is 0 Å². The smallest absolute Gasteiger partial charge is 0.338 e. The van der Waals surface area contributed by atoms with Crippen molar-refractivity contribution >= 4 is 34.2 Å². The molecule has 40 heavy (non-hydrogen) atoms. The molecule has 1 atom stereocenters. The molecular formula is C31H30N2O6S. The standard InChI is InChI=1S/C31H30N2O6S/c1-6-38-28-21(13-10-14-24(28)37-5)27-26(30(35)39-7-2)18(3)32-31-33(27)29(34)25(40-31)17-22-20-12-9-8-11-19(20)15-16-23(22)36-4/h8-17,27H,6-7H2,1-5H3/b25-17+. The highest BCUT2D eigenvalue weighted by Gasteiger charge is 2.36. The number of hydrogen-bond donors (Lipinski definition) is 0. The number of carbonyl (C=O) groups is 1. The zero-order valence-electron chi connectivity index (χ0n) is 23.0. The summed E-state index contributed by atoms with van der Waals surface area (Å²) >= 11 is 1.26. The summed E-state index contributed by atoms with van der Waals surface area (Å²) in [5.74, 6) is 1.07. The summed E-state index contributed by atoms with van der Waals surface area (Å²) in [5.41, 5.74) is 1.86. The Balaban J connectivity index is 1.82. The van der Waals surface area contributed by atoms with Gasteiger partial charge in [-0.25, -0.2) is 9.79 Å². The molecule has 1 aromatic heterocycles. The Morgan fingerprint density at radius 2 is 1.77 bits per heavy atom. The van der Waals surface area contributed by atoms with Crippen LogP contribution in [-0.4, -0.2) is 38.0 Å². The molecule has 1 unspecified atom stereocenters. The second kappa shape index (κ2) is 11.4. The van der Waals surface area contributed by atoms with Crippen LogP contribution < -0.4 is 29.1 Å². The van der Waals surface area contributed by atoms with E-state index in [9.17, 15) is 9.59 Å². The number of hydrogen-bond acceptors (Lipinski definition) is 8. The van der Waals surface area contributed by atoms with Crippen molar-refractivity contribution in [2.24, 2.45) is 4.99 Å². The molecule has 0 N–H and O–H groups in total. The average molecular weight is 559 g/mol. The maximum absolute atomic E-state index is 14.2. The SMILES string of the molecule is CCOC(=O)C1=C(C)N=c2s/c(=C/c3c(OC)ccc4ccccc34)c(=O)n2C1c1cccc(OC)c1OCC. The molecule has 0 amide bonds. The van der Waals surface area contributed by atoms with Gasteiger partial charge in [-0.1, -0.05) is 53.8 Å². The number of methoxy groups -OCH3 is 2. The fourth-order valence-electron chi connectivity index (χ4n) is 5.03. The maximum atomic E-state index is 14.2. The molecule has 5 rings (SSSR count). The maximum Gasteiger partial charge on any atom is 0.338 e. The third-order valence-electron chi connectivity index (χ3n) is 6.76. The van der Waals surface area contributed by atoms with E-state index in [2.05, 4.69) is 4.99 Å². The molecule has 0 radical (unpaired) electrons. The van der Waals surface area contributed by atoms with E-state index >= 15 is 0 Å². The highest BCUT2D eigenvalue weighted by Crippen LogP contribution is 2.40. The summed E-state index contributed by atoms with van der Waals surface area (Å²) < 4.78 is 24.7. The van der Waals surface area contributed by atoms with Gasteiger partial charge in [0.1, 0.15) is 11.8 Å². The summed E-state index contributed by atoms with van der Waals surface area (Å²) in [6, 6.07) is 16.4. The molecule has 1 aliphatic heterocycles. The summed E-state index contributed by atoms with van der Waals surface area (Å²) in [6.07, 6.45) is 1.83. The van der Waals surface area contributed by atoms with Crippen molar-refractivity contribution < 1.29 is 23.7 Å². The number of nitrogens with zero attached hydrogens (tertiary/aromatic N) is 2. The summed E-state index contributed by atoms with van der Waals surface area (Å²) in [7, 11) is 3.16. The van der Waals surface area contributed by atoms with Gasteiger partial charge in [0.05, 0.1) is 43.2 Å². The number of rotatable bonds is 8. The second-order valence-electron chi connectivity index (χ2n) is 9.02. The van der Waals surface area contributed by atoms with Crippen molar-refractivity contribution in [2.75, 3.05) is 27.4 Å². The lowest BCUT2D eigenvalue weighted by atomic mass is 9.94. The second-order valence-corrected chi connectivity index (χ2v) is 10.0. The van der Waals surface area contributed by atoms with Crippen molar-refractivity contribution in [1.82, 2.24) is 4.57 Å². The number of ether oxygens (including phenoxy) is 4. The first-order chi connectivity index (χ1) is 19.4. The number of esters is 1. The monoisotopic (exact) mass is 558 g/mol. The van der Waals surface area contributed by atoms with E-state index in [-0.39, 0.29) is 17.7 Å². The number of aromatic nitrogens is 1. The Hall–Kier alpha value is -4.37. The Labute approximate surface area is 235 Å². The van der Waals surface area contributed by atoms with Crippen LogP contribution in [-0.2, 0) is 9.53 Å². The molecule has 9 heteroatoms. The van der Waals surface area contributed by atoms with Crippen LogP contribution in [0, 0.1) is 0 Å². The lowest BCUT2D eigenvalue weighted by Crippen LogP contribution is -2.40. The van der Waals surface area contributed by atoms with E-state index in [1.54, 1.807) is 38.7 Å². The topological polar surface area (TPSA) is 88.4 Å². The normalized spacial score (nSPS) is 15.0. The van der Waals surface area contributed by atoms with Gasteiger partial charge in [0.25, 0.3) is 5.56 Å². The number of allylic oxidation sites excluding steroid dienone is 1. The molecular weight excluding hydrogens is 528 g/mol. The van der Waals surface area contributed by atoms with Crippen molar-refractivity contribution in [3.8, 4) is 17.2 Å². The zero-order valence-corrected chi connectivity index (χ0v) is 23.8. The molecule has 0 saturated heterocycles. The predicted molar refractivity (Wildman–Crippen MR) is 155 cm³/mol. The van der Waals surface area contributed by atoms with Gasteiger partial charge in [-0.3, -0.25) is 9.36 Å². The van der Waals surface area contributed by atoms with E-state index in [1.165, 1.54) is 11.3 Å². The molecule has 0 spiro atoms. The van der Waals surface area contributed by atoms with Crippen LogP contribution >= 0.6 is 11.3 Å². The number of thiazole rings is 1. The van der Waals surface area contributed by atoms with Crippen molar-refractivity contribution in [2.45, 2.75) is 26.8 Å². The minimum atomic E-state index is -0.830. The van der Waals surface area contributed by atoms with Gasteiger partial charge < -0.3 is 18.9 Å². The Kier molecular flexibility index (Phi) is 7.75. The molecule has 0 bridgehead atoms. The molecule has 0 saturated carbocycles. The first kappa shape index (κ1) is 27.2. The number of para-hydroxylation sites is 1. The van der Waals surface area contributed by atoms with Gasteiger partial charge in [0.2, 0.25) is 0 Å². The van der Waals surface area contributed by atoms with Crippen LogP contribution in [0.15, 0.2) is 75.7 Å². The van der Waals surface area contributed by atoms with Gasteiger partial charge in [-0.05, 0) is 49.8 Å². The van der Waals surface area contributed by atoms with Gasteiger partial charge in [0, 0.05) is 11.1 Å². The first-order valence-corrected chi connectivity index (χ1v) is 13.8. The van der Waals surface area contributed by atoms with E-state index in [0.29, 0.717) is 44.4 Å². The lowest BCUT2D eigenvalue weighted by molar-refractivity contribution is -0.139. The lowest BCUT2D eigenvalue weighted by Gasteiger charge is -2.26. The predicted octanol–water partition coefficient (Wildman–Crippen LogP) is 4.37. The summed E-state index contributed by atoms with van der Waals surface area (Å²) in [4.78, 5) is 32.7. The van der Waals surface area contributed by atoms with Crippen LogP contribution in [0.4, 0.5) is 0 Å². The van der Waals surface area contributed by atoms with Gasteiger partial charge >= 0.3 is 5.97 Å². The fraction of sp³-hybridized carbons (Fsp3) is 0.258. The molecule has 8 nitrogen and oxygen atoms in total. The zero-order chi connectivity index (χ0) is 28.4. The molecule has 206 valence electrons. The largest absolute Gasteiger partial charge is 0.496 e. The third kappa shape index (κ3) is 4.66. The minimum Gasteiger partial charge on any atom is -0.496 e. The van der Waals surface area contributed by atoms with Crippen LogP contribution in [0.1, 0.15) is 37.9 Å². The number of fused-ring (bicyclic) bond motifs is 2. The molecule has 4 aromatic rings. The Bertz CT molecular complexity index is 1820. The van der Waals surface area contributed by atoms with E-state index in [4.69, 9.17) is 18.9 Å². The van der Waals surface area contributed by atoms with E-state index in [1.807, 2.05) is 61.5 Å². The van der Waals surface area contributed by atoms with Gasteiger partial charge in [0.15, 0.2) is 16.3 Å². The van der Waals surface area contributed by atoms with E-state index in [0.717, 1.165) is 16.3 Å². The molecule has 0 fully saturated rings. The molecule has 0 aliphatic carbocycles. The first-order valence-electron chi connectivity index (χ1n) is 13.0. The highest BCUT2D eigenvalue weighted by molar-refractivity contribution is 7.07. The van der Waals surface area contributed by atoms with Crippen molar-refractivity contribution in [3.63, 3.8) is 0 Å². The summed E-state index contributed by atoms with van der Waals surface area (Å²) in [6.45, 7) is 5.92.